The number of phenolic OH excluding ortho intramolecular Hbond substituents is 2. The van der Waals surface area contributed by atoms with E-state index in [9.17, 15) is 49.1 Å². The number of aromatic hydroxyl groups is 2. The van der Waals surface area contributed by atoms with Crippen molar-refractivity contribution in [3.05, 3.63) is 35.4 Å². The van der Waals surface area contributed by atoms with Gasteiger partial charge in [-0.25, -0.2) is 0 Å². The van der Waals surface area contributed by atoms with E-state index in [0.29, 0.717) is 18.2 Å². The van der Waals surface area contributed by atoms with E-state index >= 15 is 0 Å². The summed E-state index contributed by atoms with van der Waals surface area (Å²) in [5.41, 5.74) is 3.66. The summed E-state index contributed by atoms with van der Waals surface area (Å²) < 4.78 is 97.3. The van der Waals surface area contributed by atoms with E-state index in [1.54, 1.807) is 0 Å². The summed E-state index contributed by atoms with van der Waals surface area (Å²) in [7, 11) is -14.7. The van der Waals surface area contributed by atoms with Crippen LogP contribution in [0.5, 0.6) is 11.5 Å². The molecule has 0 heterocycles. The number of nitrogens with two attached hydrogens (primary N) is 1. The number of halogens is 1. The molecular weight excluding hydrogens is 674 g/mol. The molecule has 0 aliphatic rings. The van der Waals surface area contributed by atoms with Gasteiger partial charge in [-0.3, -0.25) is 13.7 Å². The fourth-order valence-corrected chi connectivity index (χ4v) is 4.84. The molecule has 0 aromatic heterocycles. The van der Waals surface area contributed by atoms with Gasteiger partial charge in [-0.15, -0.1) is 10.2 Å². The fourth-order valence-electron chi connectivity index (χ4n) is 2.82. The molecule has 3 aromatic carbocycles. The maximum atomic E-state index is 11.9. The molecule has 3 aromatic rings. The summed E-state index contributed by atoms with van der Waals surface area (Å²) in [6.45, 7) is 0. The van der Waals surface area contributed by atoms with E-state index in [4.69, 9.17) is 17.3 Å². The zero-order valence-corrected chi connectivity index (χ0v) is 29.6. The summed E-state index contributed by atoms with van der Waals surface area (Å²) in [5, 5.41) is 26.2. The number of azo groups is 1. The number of phenols is 2. The van der Waals surface area contributed by atoms with Gasteiger partial charge in [0.05, 0.1) is 14.8 Å². The van der Waals surface area contributed by atoms with E-state index in [1.165, 1.54) is 0 Å². The van der Waals surface area contributed by atoms with Gasteiger partial charge in [-0.2, -0.15) is 25.3 Å². The first-order valence-corrected chi connectivity index (χ1v) is 13.1. The first kappa shape index (κ1) is 40.6. The van der Waals surface area contributed by atoms with Gasteiger partial charge in [0.2, 0.25) is 0 Å². The SMILES string of the molecule is Nc1cc(S(=O)(=O)O)cc2cc(S(=O)(=O)O)c(N=Nc3cc(S(=O)(=O)O)cc(Cl)c3O)c(O)c12.[Cu].[Na+].[Na+].[Na+]. The molecule has 14 nitrogen and oxygen atoms in total. The van der Waals surface area contributed by atoms with Crippen LogP contribution in [-0.4, -0.2) is 49.1 Å². The molecular formula is C16H12ClCuN3Na3O11S3+3. The van der Waals surface area contributed by atoms with Crippen molar-refractivity contribution in [3.8, 4) is 11.5 Å². The Morgan fingerprint density at radius 2 is 1.21 bits per heavy atom. The van der Waals surface area contributed by atoms with Crippen LogP contribution in [0.25, 0.3) is 10.8 Å². The molecule has 193 valence electrons. The summed E-state index contributed by atoms with van der Waals surface area (Å²) in [6.07, 6.45) is 0. The predicted molar refractivity (Wildman–Crippen MR) is 117 cm³/mol. The largest absolute Gasteiger partial charge is 1.00 e. The first-order valence-electron chi connectivity index (χ1n) is 8.37. The molecule has 0 aliphatic carbocycles. The van der Waals surface area contributed by atoms with Crippen molar-refractivity contribution in [1.82, 2.24) is 0 Å². The first-order chi connectivity index (χ1) is 15.4. The minimum atomic E-state index is -5.15. The van der Waals surface area contributed by atoms with Crippen LogP contribution in [0.15, 0.2) is 55.2 Å². The third kappa shape index (κ3) is 8.98. The second-order valence-electron chi connectivity index (χ2n) is 6.58. The van der Waals surface area contributed by atoms with Crippen LogP contribution in [-0.2, 0) is 47.4 Å². The zero-order valence-electron chi connectivity index (χ0n) is 19.4. The molecule has 22 heteroatoms. The molecule has 0 fully saturated rings. The van der Waals surface area contributed by atoms with Crippen molar-refractivity contribution in [2.24, 2.45) is 10.2 Å². The molecule has 7 N–H and O–H groups in total. The molecule has 3 rings (SSSR count). The maximum Gasteiger partial charge on any atom is 1.00 e. The van der Waals surface area contributed by atoms with Gasteiger partial charge >= 0.3 is 88.7 Å². The summed E-state index contributed by atoms with van der Waals surface area (Å²) >= 11 is 5.69. The molecule has 1 radical (unpaired) electrons. The molecule has 0 bridgehead atoms. The van der Waals surface area contributed by atoms with Gasteiger partial charge in [0, 0.05) is 28.1 Å². The molecule has 0 atom stereocenters. The number of hydrogen-bond donors (Lipinski definition) is 6. The van der Waals surface area contributed by atoms with Gasteiger partial charge in [0.1, 0.15) is 16.3 Å². The average Bonchev–Trinajstić information content (AvgIpc) is 2.67. The van der Waals surface area contributed by atoms with E-state index in [1.807, 2.05) is 0 Å². The number of nitrogens with zero attached hydrogens (tertiary/aromatic N) is 2. The predicted octanol–water partition coefficient (Wildman–Crippen LogP) is -6.35. The maximum absolute atomic E-state index is 11.9. The van der Waals surface area contributed by atoms with Gasteiger partial charge < -0.3 is 15.9 Å². The second kappa shape index (κ2) is 14.6. The number of nitrogen functional groups attached to an aromatic ring is 1. The molecule has 38 heavy (non-hydrogen) atoms. The van der Waals surface area contributed by atoms with Crippen LogP contribution < -0.4 is 94.4 Å². The monoisotopic (exact) mass is 685 g/mol. The smallest absolute Gasteiger partial charge is 0.505 e. The van der Waals surface area contributed by atoms with Gasteiger partial charge in [-0.1, -0.05) is 11.6 Å². The molecule has 0 spiro atoms. The van der Waals surface area contributed by atoms with E-state index < -0.39 is 78.6 Å². The Balaban J connectivity index is 0. The Labute approximate surface area is 298 Å². The Bertz CT molecular complexity index is 1740. The van der Waals surface area contributed by atoms with E-state index in [-0.39, 0.29) is 117 Å². The van der Waals surface area contributed by atoms with E-state index in [2.05, 4.69) is 10.2 Å². The number of fused-ring (bicyclic) bond motifs is 1. The van der Waals surface area contributed by atoms with Crippen molar-refractivity contribution in [2.45, 2.75) is 14.7 Å². The Kier molecular flexibility index (Phi) is 15.6. The van der Waals surface area contributed by atoms with Crippen molar-refractivity contribution < 1.29 is 155 Å². The minimum absolute atomic E-state index is 0. The van der Waals surface area contributed by atoms with Gasteiger partial charge in [0.25, 0.3) is 30.4 Å². The van der Waals surface area contributed by atoms with Crippen molar-refractivity contribution in [1.29, 1.82) is 0 Å². The Morgan fingerprint density at radius 3 is 1.68 bits per heavy atom. The quantitative estimate of drug-likeness (QED) is 0.0635. The van der Waals surface area contributed by atoms with Crippen molar-refractivity contribution >= 4 is 69.8 Å². The molecule has 0 aliphatic heterocycles. The average molecular weight is 686 g/mol. The number of benzene rings is 3. The van der Waals surface area contributed by atoms with Crippen LogP contribution >= 0.6 is 11.6 Å². The second-order valence-corrected chi connectivity index (χ2v) is 11.2. The normalized spacial score (nSPS) is 11.7. The molecule has 0 amide bonds. The van der Waals surface area contributed by atoms with Crippen LogP contribution in [0.3, 0.4) is 0 Å². The number of anilines is 1. The number of rotatable bonds is 5. The van der Waals surface area contributed by atoms with Crippen LogP contribution in [0.2, 0.25) is 5.02 Å². The Morgan fingerprint density at radius 1 is 0.711 bits per heavy atom. The van der Waals surface area contributed by atoms with Crippen LogP contribution in [0, 0.1) is 0 Å². The third-order valence-corrected chi connectivity index (χ3v) is 7.12. The van der Waals surface area contributed by atoms with E-state index in [0.717, 1.165) is 12.1 Å². The van der Waals surface area contributed by atoms with Gasteiger partial charge in [0.15, 0.2) is 11.5 Å². The standard InChI is InChI=1S/C16H12ClN3O11S3.Cu.3Na/c17-9-3-8(33(26,27)28)5-11(15(9)21)19-20-14-12(34(29,30)31)2-6-1-7(32(23,24)25)4-10(18)13(6)16(14)22;;;;/h1-5,21-22H,18H2,(H,23,24,25)(H,26,27,28)(H,29,30,31);;;;/q;;3*+1. The van der Waals surface area contributed by atoms with Gasteiger partial charge in [-0.05, 0) is 35.7 Å². The van der Waals surface area contributed by atoms with Crippen LogP contribution in [0.4, 0.5) is 17.1 Å². The van der Waals surface area contributed by atoms with Crippen LogP contribution in [0.1, 0.15) is 0 Å². The topological polar surface area (TPSA) is 254 Å². The summed E-state index contributed by atoms with van der Waals surface area (Å²) in [4.78, 5) is -2.64. The third-order valence-electron chi connectivity index (χ3n) is 4.30. The van der Waals surface area contributed by atoms with Crippen molar-refractivity contribution in [3.63, 3.8) is 0 Å². The molecule has 0 saturated heterocycles. The minimum Gasteiger partial charge on any atom is -0.505 e. The summed E-state index contributed by atoms with van der Waals surface area (Å²) in [5.74, 6) is -1.84. The summed E-state index contributed by atoms with van der Waals surface area (Å²) in [6, 6.07) is 3.50. The fraction of sp³-hybridized carbons (Fsp3) is 0. The van der Waals surface area contributed by atoms with Crippen molar-refractivity contribution in [2.75, 3.05) is 5.73 Å². The number of hydrogen-bond acceptors (Lipinski definition) is 11. The Hall–Kier alpha value is 0.459. The zero-order chi connectivity index (χ0) is 25.8. The molecule has 0 saturated carbocycles. The molecule has 0 unspecified atom stereocenters.